The van der Waals surface area contributed by atoms with Crippen LogP contribution < -0.4 is 5.73 Å². The molecular formula is C12H20N2O6S. The molecule has 0 bridgehead atoms. The summed E-state index contributed by atoms with van der Waals surface area (Å²) in [4.78, 5) is 48.2. The number of hydrogen-bond acceptors (Lipinski definition) is 8. The number of imide groups is 1. The molecule has 0 atom stereocenters. The number of esters is 2. The monoisotopic (exact) mass is 320 g/mol. The first-order valence-corrected chi connectivity index (χ1v) is 7.71. The normalized spacial score (nSPS) is 10.1. The average Bonchev–Trinajstić information content (AvgIpc) is 2.44. The number of rotatable bonds is 8. The Bertz CT molecular complexity index is 383. The Balaban J connectivity index is 5.54. The maximum Gasteiger partial charge on any atom is 0.341 e. The third kappa shape index (κ3) is 5.72. The fourth-order valence-corrected chi connectivity index (χ4v) is 1.85. The lowest BCUT2D eigenvalue weighted by molar-refractivity contribution is -0.171. The van der Waals surface area contributed by atoms with Crippen LogP contribution in [0.1, 0.15) is 13.8 Å². The largest absolute Gasteiger partial charge is 0.464 e. The number of nitrogens with two attached hydrogens (primary N) is 1. The third-order valence-corrected chi connectivity index (χ3v) is 2.79. The Kier molecular flexibility index (Phi) is 9.39. The van der Waals surface area contributed by atoms with E-state index in [4.69, 9.17) is 15.2 Å². The summed E-state index contributed by atoms with van der Waals surface area (Å²) in [7, 11) is 0. The van der Waals surface area contributed by atoms with E-state index in [0.717, 1.165) is 11.8 Å². The van der Waals surface area contributed by atoms with Crippen molar-refractivity contribution in [2.24, 2.45) is 5.73 Å². The molecule has 0 heterocycles. The van der Waals surface area contributed by atoms with E-state index >= 15 is 0 Å². The van der Waals surface area contributed by atoms with Gasteiger partial charge >= 0.3 is 11.9 Å². The van der Waals surface area contributed by atoms with Gasteiger partial charge in [0.05, 0.1) is 25.5 Å². The molecule has 2 amide bonds. The zero-order valence-corrected chi connectivity index (χ0v) is 13.1. The van der Waals surface area contributed by atoms with E-state index in [1.165, 1.54) is 0 Å². The minimum absolute atomic E-state index is 0.00386. The Morgan fingerprint density at radius 1 is 1.05 bits per heavy atom. The van der Waals surface area contributed by atoms with Crippen molar-refractivity contribution in [3.8, 4) is 0 Å². The predicted octanol–water partition coefficient (Wildman–Crippen LogP) is -0.842. The summed E-state index contributed by atoms with van der Waals surface area (Å²) in [5, 5.41) is 0. The van der Waals surface area contributed by atoms with Crippen molar-refractivity contribution in [2.75, 3.05) is 31.8 Å². The molecule has 0 unspecified atom stereocenters. The summed E-state index contributed by atoms with van der Waals surface area (Å²) in [6.45, 7) is 2.56. The van der Waals surface area contributed by atoms with Crippen LogP contribution in [-0.4, -0.2) is 66.5 Å². The van der Waals surface area contributed by atoms with Gasteiger partial charge in [0.25, 0.3) is 0 Å². The quantitative estimate of drug-likeness (QED) is 0.454. The lowest BCUT2D eigenvalue weighted by atomic mass is 10.2. The first-order valence-electron chi connectivity index (χ1n) is 6.31. The average molecular weight is 320 g/mol. The van der Waals surface area contributed by atoms with E-state index in [0.29, 0.717) is 4.90 Å². The van der Waals surface area contributed by atoms with Gasteiger partial charge in [0.1, 0.15) is 0 Å². The summed E-state index contributed by atoms with van der Waals surface area (Å²) in [6, 6.07) is -1.76. The van der Waals surface area contributed by atoms with Gasteiger partial charge in [-0.05, 0) is 20.1 Å². The van der Waals surface area contributed by atoms with Crippen molar-refractivity contribution in [3.63, 3.8) is 0 Å². The molecule has 0 saturated heterocycles. The van der Waals surface area contributed by atoms with Gasteiger partial charge < -0.3 is 15.2 Å². The first kappa shape index (κ1) is 19.4. The van der Waals surface area contributed by atoms with E-state index in [2.05, 4.69) is 0 Å². The van der Waals surface area contributed by atoms with Crippen LogP contribution in [0.3, 0.4) is 0 Å². The molecule has 0 aromatic rings. The maximum atomic E-state index is 12.0. The van der Waals surface area contributed by atoms with Crippen LogP contribution >= 0.6 is 11.8 Å². The highest BCUT2D eigenvalue weighted by Crippen LogP contribution is 2.09. The summed E-state index contributed by atoms with van der Waals surface area (Å²) >= 11 is 1.15. The molecule has 0 aromatic carbocycles. The molecule has 0 aliphatic carbocycles. The maximum absolute atomic E-state index is 12.0. The van der Waals surface area contributed by atoms with Gasteiger partial charge in [-0.2, -0.15) is 11.8 Å². The van der Waals surface area contributed by atoms with Crippen LogP contribution in [0.15, 0.2) is 0 Å². The Hall–Kier alpha value is -1.61. The van der Waals surface area contributed by atoms with Crippen LogP contribution in [0.2, 0.25) is 0 Å². The van der Waals surface area contributed by atoms with Crippen molar-refractivity contribution in [3.05, 3.63) is 0 Å². The van der Waals surface area contributed by atoms with E-state index < -0.39 is 36.3 Å². The Labute approximate surface area is 127 Å². The van der Waals surface area contributed by atoms with Crippen LogP contribution in [0, 0.1) is 0 Å². The molecule has 0 fully saturated rings. The molecule has 8 nitrogen and oxygen atoms in total. The van der Waals surface area contributed by atoms with Gasteiger partial charge in [0, 0.05) is 0 Å². The molecule has 0 aliphatic rings. The molecule has 9 heteroatoms. The standard InChI is InChI=1S/C12H20N2O6S/c1-4-19-11(17)10(12(18)20-5-2)14(8(15)6-13)9(16)7-21-3/h10H,4-7,13H2,1-3H3. The molecule has 0 radical (unpaired) electrons. The van der Waals surface area contributed by atoms with Gasteiger partial charge in [0.15, 0.2) is 0 Å². The number of nitrogens with zero attached hydrogens (tertiary/aromatic N) is 1. The molecule has 120 valence electrons. The fraction of sp³-hybridized carbons (Fsp3) is 0.667. The second kappa shape index (κ2) is 10.2. The minimum atomic E-state index is -1.76. The SMILES string of the molecule is CCOC(=O)C(C(=O)OCC)N(C(=O)CN)C(=O)CSC. The summed E-state index contributed by atoms with van der Waals surface area (Å²) in [5.74, 6) is -3.68. The number of amides is 2. The lowest BCUT2D eigenvalue weighted by Gasteiger charge is -2.26. The number of carbonyl (C=O) groups is 4. The Morgan fingerprint density at radius 3 is 1.86 bits per heavy atom. The summed E-state index contributed by atoms with van der Waals surface area (Å²) < 4.78 is 9.48. The van der Waals surface area contributed by atoms with Crippen LogP contribution in [0.25, 0.3) is 0 Å². The molecule has 0 aromatic heterocycles. The lowest BCUT2D eigenvalue weighted by Crippen LogP contribution is -2.56. The second-order valence-corrected chi connectivity index (χ2v) is 4.57. The fourth-order valence-electron chi connectivity index (χ4n) is 1.47. The van der Waals surface area contributed by atoms with Gasteiger partial charge in [-0.15, -0.1) is 0 Å². The predicted molar refractivity (Wildman–Crippen MR) is 76.3 cm³/mol. The number of ether oxygens (including phenoxy) is 2. The van der Waals surface area contributed by atoms with E-state index in [1.54, 1.807) is 20.1 Å². The topological polar surface area (TPSA) is 116 Å². The Morgan fingerprint density at radius 2 is 1.52 bits per heavy atom. The van der Waals surface area contributed by atoms with Gasteiger partial charge in [0.2, 0.25) is 17.9 Å². The van der Waals surface area contributed by atoms with Crippen molar-refractivity contribution in [1.29, 1.82) is 0 Å². The van der Waals surface area contributed by atoms with Gasteiger partial charge in [-0.3, -0.25) is 14.5 Å². The summed E-state index contributed by atoms with van der Waals surface area (Å²) in [5.41, 5.74) is 5.24. The van der Waals surface area contributed by atoms with Crippen molar-refractivity contribution in [2.45, 2.75) is 19.9 Å². The number of hydrogen-bond donors (Lipinski definition) is 1. The third-order valence-electron chi connectivity index (χ3n) is 2.26. The highest BCUT2D eigenvalue weighted by Gasteiger charge is 2.41. The van der Waals surface area contributed by atoms with E-state index in [9.17, 15) is 19.2 Å². The minimum Gasteiger partial charge on any atom is -0.464 e. The van der Waals surface area contributed by atoms with E-state index in [-0.39, 0.29) is 19.0 Å². The highest BCUT2D eigenvalue weighted by molar-refractivity contribution is 7.99. The van der Waals surface area contributed by atoms with Gasteiger partial charge in [-0.1, -0.05) is 0 Å². The molecule has 0 aliphatic heterocycles. The van der Waals surface area contributed by atoms with E-state index in [1.807, 2.05) is 0 Å². The van der Waals surface area contributed by atoms with Crippen LogP contribution in [0.5, 0.6) is 0 Å². The number of carbonyl (C=O) groups excluding carboxylic acids is 4. The molecule has 0 saturated carbocycles. The highest BCUT2D eigenvalue weighted by atomic mass is 32.2. The first-order chi connectivity index (χ1) is 9.94. The zero-order valence-electron chi connectivity index (χ0n) is 12.3. The van der Waals surface area contributed by atoms with Crippen molar-refractivity contribution < 1.29 is 28.7 Å². The number of thioether (sulfide) groups is 1. The molecule has 0 rings (SSSR count). The molecule has 2 N–H and O–H groups in total. The molecular weight excluding hydrogens is 300 g/mol. The zero-order chi connectivity index (χ0) is 16.4. The van der Waals surface area contributed by atoms with Crippen LogP contribution in [-0.2, 0) is 28.7 Å². The molecule has 0 spiro atoms. The van der Waals surface area contributed by atoms with Crippen molar-refractivity contribution in [1.82, 2.24) is 4.90 Å². The van der Waals surface area contributed by atoms with Gasteiger partial charge in [-0.25, -0.2) is 9.59 Å². The van der Waals surface area contributed by atoms with Crippen molar-refractivity contribution >= 4 is 35.5 Å². The summed E-state index contributed by atoms with van der Waals surface area (Å²) in [6.07, 6.45) is 1.65. The smallest absolute Gasteiger partial charge is 0.341 e. The molecule has 21 heavy (non-hydrogen) atoms. The van der Waals surface area contributed by atoms with Crippen LogP contribution in [0.4, 0.5) is 0 Å². The second-order valence-electron chi connectivity index (χ2n) is 3.70.